The number of hydrogen-bond acceptors (Lipinski definition) is 2. The van der Waals surface area contributed by atoms with Gasteiger partial charge in [-0.05, 0) is 68.5 Å². The summed E-state index contributed by atoms with van der Waals surface area (Å²) in [5, 5.41) is 3.75. The molecule has 1 aromatic carbocycles. The van der Waals surface area contributed by atoms with E-state index in [-0.39, 0.29) is 0 Å². The molecule has 0 aromatic heterocycles. The van der Waals surface area contributed by atoms with Gasteiger partial charge < -0.3 is 10.1 Å². The van der Waals surface area contributed by atoms with E-state index >= 15 is 0 Å². The van der Waals surface area contributed by atoms with E-state index in [0.29, 0.717) is 6.04 Å². The van der Waals surface area contributed by atoms with Gasteiger partial charge in [-0.25, -0.2) is 0 Å². The minimum absolute atomic E-state index is 0.635. The molecule has 21 heavy (non-hydrogen) atoms. The molecule has 2 atom stereocenters. The minimum atomic E-state index is 0.635. The van der Waals surface area contributed by atoms with Crippen LogP contribution in [0.3, 0.4) is 0 Å². The Kier molecular flexibility index (Phi) is 7.25. The van der Waals surface area contributed by atoms with E-state index in [1.54, 1.807) is 18.2 Å². The quantitative estimate of drug-likeness (QED) is 0.685. The lowest BCUT2D eigenvalue weighted by Gasteiger charge is -2.29. The second-order valence-corrected chi connectivity index (χ2v) is 6.31. The van der Waals surface area contributed by atoms with Crippen molar-refractivity contribution >= 4 is 0 Å². The highest BCUT2D eigenvalue weighted by Gasteiger charge is 2.22. The first-order valence-electron chi connectivity index (χ1n) is 8.65. The Morgan fingerprint density at radius 1 is 1.33 bits per heavy atom. The van der Waals surface area contributed by atoms with Crippen LogP contribution in [0.2, 0.25) is 0 Å². The fraction of sp³-hybridized carbons (Fsp3) is 0.684. The molecule has 1 aliphatic rings. The van der Waals surface area contributed by atoms with Gasteiger partial charge in [-0.2, -0.15) is 0 Å². The monoisotopic (exact) mass is 289 g/mol. The molecule has 0 bridgehead atoms. The van der Waals surface area contributed by atoms with Crippen LogP contribution in [0.1, 0.15) is 62.5 Å². The van der Waals surface area contributed by atoms with Crippen LogP contribution in [0.15, 0.2) is 24.3 Å². The van der Waals surface area contributed by atoms with Crippen LogP contribution in [0.5, 0.6) is 0 Å². The van der Waals surface area contributed by atoms with Crippen LogP contribution in [-0.4, -0.2) is 26.3 Å². The highest BCUT2D eigenvalue weighted by Crippen LogP contribution is 2.35. The van der Waals surface area contributed by atoms with Crippen molar-refractivity contribution < 1.29 is 4.74 Å². The predicted octanol–water partition coefficient (Wildman–Crippen LogP) is 4.29. The zero-order valence-electron chi connectivity index (χ0n) is 13.7. The largest absolute Gasteiger partial charge is 0.385 e. The first-order chi connectivity index (χ1) is 10.3. The number of aryl methyl sites for hydroxylation is 1. The van der Waals surface area contributed by atoms with Gasteiger partial charge in [-0.1, -0.05) is 31.2 Å². The van der Waals surface area contributed by atoms with Crippen LogP contribution < -0.4 is 5.32 Å². The predicted molar refractivity (Wildman–Crippen MR) is 89.9 cm³/mol. The van der Waals surface area contributed by atoms with Gasteiger partial charge in [0.15, 0.2) is 0 Å². The minimum Gasteiger partial charge on any atom is -0.385 e. The smallest absolute Gasteiger partial charge is 0.0462 e. The van der Waals surface area contributed by atoms with Crippen molar-refractivity contribution in [1.29, 1.82) is 0 Å². The van der Waals surface area contributed by atoms with Crippen LogP contribution in [0.25, 0.3) is 0 Å². The maximum Gasteiger partial charge on any atom is 0.0462 e. The molecule has 1 N–H and O–H groups in total. The lowest BCUT2D eigenvalue weighted by atomic mass is 9.79. The van der Waals surface area contributed by atoms with E-state index < -0.39 is 0 Å². The average Bonchev–Trinajstić information content (AvgIpc) is 2.53. The topological polar surface area (TPSA) is 21.3 Å². The van der Waals surface area contributed by atoms with Gasteiger partial charge in [0.1, 0.15) is 0 Å². The van der Waals surface area contributed by atoms with Crippen LogP contribution in [0, 0.1) is 0 Å². The third-order valence-electron chi connectivity index (χ3n) is 4.65. The van der Waals surface area contributed by atoms with Crippen molar-refractivity contribution in [2.75, 3.05) is 20.3 Å². The summed E-state index contributed by atoms with van der Waals surface area (Å²) >= 11 is 0. The molecule has 0 aliphatic heterocycles. The Hall–Kier alpha value is -0.860. The molecule has 0 heterocycles. The molecule has 0 radical (unpaired) electrons. The third kappa shape index (κ3) is 5.12. The summed E-state index contributed by atoms with van der Waals surface area (Å²) in [5.41, 5.74) is 3.19. The highest BCUT2D eigenvalue weighted by molar-refractivity contribution is 5.32. The summed E-state index contributed by atoms with van der Waals surface area (Å²) in [5.74, 6) is 0.742. The molecule has 0 spiro atoms. The van der Waals surface area contributed by atoms with E-state index in [2.05, 4.69) is 36.5 Å². The standard InChI is InChI=1S/C19H31NO/c1-3-13-20-18(11-7-14-21-2)15-17-10-6-9-16-8-4-5-12-19(16)17/h4-5,8,12,17-18,20H,3,6-7,9-11,13-15H2,1-2H3. The van der Waals surface area contributed by atoms with Crippen molar-refractivity contribution in [2.24, 2.45) is 0 Å². The molecule has 1 aliphatic carbocycles. The molecule has 0 fully saturated rings. The second kappa shape index (κ2) is 9.22. The summed E-state index contributed by atoms with van der Waals surface area (Å²) in [4.78, 5) is 0. The van der Waals surface area contributed by atoms with Crippen LogP contribution in [-0.2, 0) is 11.2 Å². The summed E-state index contributed by atoms with van der Waals surface area (Å²) in [6, 6.07) is 9.70. The Bertz CT molecular complexity index is 404. The molecule has 0 saturated heterocycles. The molecule has 1 aromatic rings. The van der Waals surface area contributed by atoms with Crippen LogP contribution >= 0.6 is 0 Å². The number of fused-ring (bicyclic) bond motifs is 1. The molecule has 2 nitrogen and oxygen atoms in total. The maximum atomic E-state index is 5.22. The number of nitrogens with one attached hydrogen (secondary N) is 1. The van der Waals surface area contributed by atoms with Gasteiger partial charge in [0.2, 0.25) is 0 Å². The fourth-order valence-corrected chi connectivity index (χ4v) is 3.57. The molecule has 118 valence electrons. The molecule has 0 saturated carbocycles. The first kappa shape index (κ1) is 16.5. The Morgan fingerprint density at radius 3 is 3.00 bits per heavy atom. The number of rotatable bonds is 9. The summed E-state index contributed by atoms with van der Waals surface area (Å²) in [6.45, 7) is 4.26. The van der Waals surface area contributed by atoms with Gasteiger partial charge in [-0.3, -0.25) is 0 Å². The Morgan fingerprint density at radius 2 is 2.19 bits per heavy atom. The van der Waals surface area contributed by atoms with E-state index in [4.69, 9.17) is 4.74 Å². The maximum absolute atomic E-state index is 5.22. The summed E-state index contributed by atoms with van der Waals surface area (Å²) in [6.07, 6.45) is 8.84. The highest BCUT2D eigenvalue weighted by atomic mass is 16.5. The van der Waals surface area contributed by atoms with E-state index in [1.165, 1.54) is 38.5 Å². The molecule has 2 heteroatoms. The van der Waals surface area contributed by atoms with Gasteiger partial charge in [0, 0.05) is 19.8 Å². The van der Waals surface area contributed by atoms with E-state index in [1.807, 2.05) is 0 Å². The van der Waals surface area contributed by atoms with E-state index in [9.17, 15) is 0 Å². The van der Waals surface area contributed by atoms with Gasteiger partial charge in [0.05, 0.1) is 0 Å². The van der Waals surface area contributed by atoms with Gasteiger partial charge in [0.25, 0.3) is 0 Å². The Labute approximate surface area is 130 Å². The van der Waals surface area contributed by atoms with Gasteiger partial charge >= 0.3 is 0 Å². The average molecular weight is 289 g/mol. The number of ether oxygens (including phenoxy) is 1. The van der Waals surface area contributed by atoms with Crippen molar-refractivity contribution in [3.05, 3.63) is 35.4 Å². The molecular formula is C19H31NO. The number of methoxy groups -OCH3 is 1. The normalized spacial score (nSPS) is 19.2. The van der Waals surface area contributed by atoms with Gasteiger partial charge in [-0.15, -0.1) is 0 Å². The molecular weight excluding hydrogens is 258 g/mol. The zero-order chi connectivity index (χ0) is 14.9. The number of benzene rings is 1. The molecule has 0 amide bonds. The third-order valence-corrected chi connectivity index (χ3v) is 4.65. The van der Waals surface area contributed by atoms with Crippen molar-refractivity contribution in [2.45, 2.75) is 63.8 Å². The van der Waals surface area contributed by atoms with E-state index in [0.717, 1.165) is 25.5 Å². The first-order valence-corrected chi connectivity index (χ1v) is 8.65. The number of hydrogen-bond donors (Lipinski definition) is 1. The summed E-state index contributed by atoms with van der Waals surface area (Å²) in [7, 11) is 1.80. The Balaban J connectivity index is 1.95. The van der Waals surface area contributed by atoms with Crippen molar-refractivity contribution in [1.82, 2.24) is 5.32 Å². The fourth-order valence-electron chi connectivity index (χ4n) is 3.57. The molecule has 2 rings (SSSR count). The lowest BCUT2D eigenvalue weighted by Crippen LogP contribution is -2.32. The summed E-state index contributed by atoms with van der Waals surface area (Å²) < 4.78 is 5.22. The molecule has 2 unspecified atom stereocenters. The van der Waals surface area contributed by atoms with Crippen molar-refractivity contribution in [3.8, 4) is 0 Å². The lowest BCUT2D eigenvalue weighted by molar-refractivity contribution is 0.187. The SMILES string of the molecule is CCCNC(CCCOC)CC1CCCc2ccccc21. The van der Waals surface area contributed by atoms with Crippen molar-refractivity contribution in [3.63, 3.8) is 0 Å². The second-order valence-electron chi connectivity index (χ2n) is 6.31. The zero-order valence-corrected chi connectivity index (χ0v) is 13.7. The van der Waals surface area contributed by atoms with Crippen LogP contribution in [0.4, 0.5) is 0 Å².